The molecule has 1 aromatic carbocycles. The maximum atomic E-state index is 14.1. The summed E-state index contributed by atoms with van der Waals surface area (Å²) in [6, 6.07) is 2.51. The second-order valence-corrected chi connectivity index (χ2v) is 6.57. The van der Waals surface area contributed by atoms with Gasteiger partial charge < -0.3 is 10.0 Å². The van der Waals surface area contributed by atoms with Crippen molar-refractivity contribution in [3.63, 3.8) is 0 Å². The zero-order valence-corrected chi connectivity index (χ0v) is 14.5. The minimum atomic E-state index is -0.757. The highest BCUT2D eigenvalue weighted by molar-refractivity contribution is 5.80. The molecule has 5 nitrogen and oxygen atoms in total. The second-order valence-electron chi connectivity index (χ2n) is 6.57. The van der Waals surface area contributed by atoms with Crippen LogP contribution < -0.4 is 0 Å². The molecule has 1 amide bonds. The third kappa shape index (κ3) is 3.28. The molecule has 0 radical (unpaired) electrons. The van der Waals surface area contributed by atoms with E-state index in [1.165, 1.54) is 4.90 Å². The van der Waals surface area contributed by atoms with Gasteiger partial charge >= 0.3 is 0 Å². The van der Waals surface area contributed by atoms with Gasteiger partial charge in [-0.3, -0.25) is 9.48 Å². The summed E-state index contributed by atoms with van der Waals surface area (Å²) in [6.45, 7) is 3.82. The standard InChI is InChI=1S/C18H21F2N3O2/c1-10-14(11(2)22(3)21-10)8-18(25)23-9-13(24)7-17(23)15-6-12(19)4-5-16(15)20/h4-6,13,17,24H,7-9H2,1-3H3/t13-,17-/m0/s1. The van der Waals surface area contributed by atoms with Crippen LogP contribution in [-0.2, 0) is 18.3 Å². The van der Waals surface area contributed by atoms with Crippen molar-refractivity contribution in [1.29, 1.82) is 0 Å². The second kappa shape index (κ2) is 6.55. The van der Waals surface area contributed by atoms with E-state index in [-0.39, 0.29) is 30.9 Å². The van der Waals surface area contributed by atoms with Crippen LogP contribution in [0.3, 0.4) is 0 Å². The number of aliphatic hydroxyl groups excluding tert-OH is 1. The first-order valence-electron chi connectivity index (χ1n) is 8.19. The van der Waals surface area contributed by atoms with Crippen LogP contribution in [0.1, 0.15) is 35.0 Å². The fraction of sp³-hybridized carbons (Fsp3) is 0.444. The van der Waals surface area contributed by atoms with Crippen LogP contribution in [0.25, 0.3) is 0 Å². The van der Waals surface area contributed by atoms with Gasteiger partial charge in [0.05, 0.1) is 24.3 Å². The molecular formula is C18H21F2N3O2. The molecule has 0 spiro atoms. The number of rotatable bonds is 3. The fourth-order valence-electron chi connectivity index (χ4n) is 3.48. The van der Waals surface area contributed by atoms with Gasteiger partial charge in [0, 0.05) is 30.4 Å². The van der Waals surface area contributed by atoms with Crippen molar-refractivity contribution in [2.24, 2.45) is 7.05 Å². The summed E-state index contributed by atoms with van der Waals surface area (Å²) in [5.74, 6) is -1.37. The van der Waals surface area contributed by atoms with Crippen molar-refractivity contribution in [3.8, 4) is 0 Å². The molecule has 1 aliphatic heterocycles. The van der Waals surface area contributed by atoms with E-state index in [0.29, 0.717) is 0 Å². The largest absolute Gasteiger partial charge is 0.391 e. The van der Waals surface area contributed by atoms with E-state index in [1.807, 2.05) is 13.8 Å². The average Bonchev–Trinajstić information content (AvgIpc) is 3.05. The normalized spacial score (nSPS) is 20.3. The third-order valence-electron chi connectivity index (χ3n) is 4.90. The van der Waals surface area contributed by atoms with Crippen molar-refractivity contribution in [2.45, 2.75) is 38.8 Å². The van der Waals surface area contributed by atoms with Crippen molar-refractivity contribution in [3.05, 3.63) is 52.3 Å². The van der Waals surface area contributed by atoms with Gasteiger partial charge in [0.2, 0.25) is 5.91 Å². The monoisotopic (exact) mass is 349 g/mol. The molecule has 2 aromatic rings. The van der Waals surface area contributed by atoms with Crippen LogP contribution in [0.5, 0.6) is 0 Å². The molecule has 0 aliphatic carbocycles. The van der Waals surface area contributed by atoms with E-state index < -0.39 is 23.8 Å². The fourth-order valence-corrected chi connectivity index (χ4v) is 3.48. The number of nitrogens with zero attached hydrogens (tertiary/aromatic N) is 3. The molecule has 1 saturated heterocycles. The van der Waals surface area contributed by atoms with E-state index in [1.54, 1.807) is 11.7 Å². The number of benzene rings is 1. The lowest BCUT2D eigenvalue weighted by atomic mass is 10.0. The van der Waals surface area contributed by atoms with Crippen molar-refractivity contribution in [1.82, 2.24) is 14.7 Å². The Morgan fingerprint density at radius 1 is 1.36 bits per heavy atom. The quantitative estimate of drug-likeness (QED) is 0.924. The van der Waals surface area contributed by atoms with Gasteiger partial charge in [0.15, 0.2) is 0 Å². The molecule has 0 saturated carbocycles. The number of β-amino-alcohol motifs (C(OH)–C–C–N with tert-alkyl or cyclic N) is 1. The molecule has 1 fully saturated rings. The third-order valence-corrected chi connectivity index (χ3v) is 4.90. The number of aliphatic hydroxyl groups is 1. The highest BCUT2D eigenvalue weighted by Crippen LogP contribution is 2.34. The average molecular weight is 349 g/mol. The summed E-state index contributed by atoms with van der Waals surface area (Å²) in [4.78, 5) is 14.3. The number of aryl methyl sites for hydroxylation is 2. The summed E-state index contributed by atoms with van der Waals surface area (Å²) in [5.41, 5.74) is 2.58. The number of likely N-dealkylation sites (tertiary alicyclic amines) is 1. The van der Waals surface area contributed by atoms with Gasteiger partial charge in [-0.15, -0.1) is 0 Å². The Labute approximate surface area is 144 Å². The van der Waals surface area contributed by atoms with Crippen molar-refractivity contribution in [2.75, 3.05) is 6.54 Å². The summed E-state index contributed by atoms with van der Waals surface area (Å²) in [5, 5.41) is 14.3. The zero-order chi connectivity index (χ0) is 18.3. The van der Waals surface area contributed by atoms with E-state index in [2.05, 4.69) is 5.10 Å². The first-order chi connectivity index (χ1) is 11.8. The summed E-state index contributed by atoms with van der Waals surface area (Å²) < 4.78 is 29.4. The number of carbonyl (C=O) groups excluding carboxylic acids is 1. The van der Waals surface area contributed by atoms with E-state index in [0.717, 1.165) is 35.2 Å². The smallest absolute Gasteiger partial charge is 0.227 e. The number of hydrogen-bond acceptors (Lipinski definition) is 3. The van der Waals surface area contributed by atoms with Crippen molar-refractivity contribution >= 4 is 5.91 Å². The maximum absolute atomic E-state index is 14.1. The molecule has 0 unspecified atom stereocenters. The van der Waals surface area contributed by atoms with E-state index >= 15 is 0 Å². The first-order valence-corrected chi connectivity index (χ1v) is 8.19. The Bertz CT molecular complexity index is 819. The molecular weight excluding hydrogens is 328 g/mol. The molecule has 3 rings (SSSR count). The van der Waals surface area contributed by atoms with Crippen LogP contribution in [0.2, 0.25) is 0 Å². The molecule has 1 aliphatic rings. The van der Waals surface area contributed by atoms with Gasteiger partial charge in [0.1, 0.15) is 11.6 Å². The minimum absolute atomic E-state index is 0.101. The SMILES string of the molecule is Cc1nn(C)c(C)c1CC(=O)N1C[C@@H](O)C[C@H]1c1cc(F)ccc1F. The lowest BCUT2D eigenvalue weighted by Gasteiger charge is -2.25. The molecule has 25 heavy (non-hydrogen) atoms. The minimum Gasteiger partial charge on any atom is -0.391 e. The van der Waals surface area contributed by atoms with Gasteiger partial charge in [0.25, 0.3) is 0 Å². The van der Waals surface area contributed by atoms with Crippen LogP contribution in [-0.4, -0.2) is 38.3 Å². The number of amides is 1. The van der Waals surface area contributed by atoms with Crippen LogP contribution in [0.4, 0.5) is 8.78 Å². The topological polar surface area (TPSA) is 58.4 Å². The molecule has 7 heteroatoms. The maximum Gasteiger partial charge on any atom is 0.227 e. The van der Waals surface area contributed by atoms with Crippen LogP contribution in [0, 0.1) is 25.5 Å². The zero-order valence-electron chi connectivity index (χ0n) is 14.5. The molecule has 2 heterocycles. The number of halogens is 2. The van der Waals surface area contributed by atoms with Gasteiger partial charge in [-0.25, -0.2) is 8.78 Å². The Kier molecular flexibility index (Phi) is 4.60. The van der Waals surface area contributed by atoms with Crippen LogP contribution in [0.15, 0.2) is 18.2 Å². The molecule has 134 valence electrons. The predicted molar refractivity (Wildman–Crippen MR) is 87.8 cm³/mol. The highest BCUT2D eigenvalue weighted by Gasteiger charge is 2.37. The lowest BCUT2D eigenvalue weighted by Crippen LogP contribution is -2.33. The lowest BCUT2D eigenvalue weighted by molar-refractivity contribution is -0.131. The van der Waals surface area contributed by atoms with E-state index in [9.17, 15) is 18.7 Å². The van der Waals surface area contributed by atoms with Crippen molar-refractivity contribution < 1.29 is 18.7 Å². The van der Waals surface area contributed by atoms with Gasteiger partial charge in [-0.05, 0) is 38.5 Å². The molecule has 2 atom stereocenters. The number of hydrogen-bond donors (Lipinski definition) is 1. The first kappa shape index (κ1) is 17.5. The summed E-state index contributed by atoms with van der Waals surface area (Å²) >= 11 is 0. The summed E-state index contributed by atoms with van der Waals surface area (Å²) in [7, 11) is 1.81. The Morgan fingerprint density at radius 2 is 2.08 bits per heavy atom. The van der Waals surface area contributed by atoms with Crippen LogP contribution >= 0.6 is 0 Å². The van der Waals surface area contributed by atoms with Gasteiger partial charge in [-0.2, -0.15) is 5.10 Å². The Hall–Kier alpha value is -2.28. The number of aromatic nitrogens is 2. The Balaban J connectivity index is 1.89. The highest BCUT2D eigenvalue weighted by atomic mass is 19.1. The summed E-state index contributed by atoms with van der Waals surface area (Å²) in [6.07, 6.45) is -0.448. The molecule has 0 bridgehead atoms. The number of carbonyl (C=O) groups is 1. The van der Waals surface area contributed by atoms with Gasteiger partial charge in [-0.1, -0.05) is 0 Å². The molecule has 1 N–H and O–H groups in total. The predicted octanol–water partition coefficient (Wildman–Crippen LogP) is 2.19. The van der Waals surface area contributed by atoms with E-state index in [4.69, 9.17) is 0 Å². The molecule has 1 aromatic heterocycles. The Morgan fingerprint density at radius 3 is 2.72 bits per heavy atom.